The van der Waals surface area contributed by atoms with Crippen molar-refractivity contribution in [2.24, 2.45) is 5.92 Å². The van der Waals surface area contributed by atoms with Crippen LogP contribution in [0.15, 0.2) is 18.2 Å². The minimum Gasteiger partial charge on any atom is -0.374 e. The molecule has 2 N–H and O–H groups in total. The van der Waals surface area contributed by atoms with Crippen molar-refractivity contribution in [1.29, 1.82) is 0 Å². The number of hydrogen-bond acceptors (Lipinski definition) is 3. The first-order valence-electron chi connectivity index (χ1n) is 8.96. The molecule has 134 valence electrons. The summed E-state index contributed by atoms with van der Waals surface area (Å²) in [6, 6.07) is 5.93. The van der Waals surface area contributed by atoms with E-state index >= 15 is 0 Å². The van der Waals surface area contributed by atoms with Crippen molar-refractivity contribution in [2.75, 3.05) is 38.1 Å². The number of benzene rings is 1. The van der Waals surface area contributed by atoms with Crippen molar-refractivity contribution < 1.29 is 9.53 Å². The Balaban J connectivity index is 1.83. The molecule has 2 amide bonds. The highest BCUT2D eigenvalue weighted by Crippen LogP contribution is 2.20. The van der Waals surface area contributed by atoms with E-state index in [-0.39, 0.29) is 12.1 Å². The number of ether oxygens (including phenoxy) is 1. The van der Waals surface area contributed by atoms with E-state index < -0.39 is 0 Å². The quantitative estimate of drug-likeness (QED) is 0.841. The minimum atomic E-state index is -0.163. The largest absolute Gasteiger partial charge is 0.374 e. The van der Waals surface area contributed by atoms with E-state index in [0.717, 1.165) is 49.5 Å². The summed E-state index contributed by atoms with van der Waals surface area (Å²) in [4.78, 5) is 14.7. The molecule has 1 aromatic rings. The number of morpholine rings is 1. The number of aryl methyl sites for hydroxylation is 2. The summed E-state index contributed by atoms with van der Waals surface area (Å²) < 4.78 is 5.77. The van der Waals surface area contributed by atoms with Gasteiger partial charge in [0.25, 0.3) is 0 Å². The van der Waals surface area contributed by atoms with Gasteiger partial charge in [-0.2, -0.15) is 0 Å². The lowest BCUT2D eigenvalue weighted by Gasteiger charge is -2.34. The van der Waals surface area contributed by atoms with Crippen LogP contribution in [0.2, 0.25) is 0 Å². The monoisotopic (exact) mass is 333 g/mol. The molecule has 1 atom stereocenters. The van der Waals surface area contributed by atoms with E-state index in [4.69, 9.17) is 4.74 Å². The fourth-order valence-electron chi connectivity index (χ4n) is 3.15. The van der Waals surface area contributed by atoms with Gasteiger partial charge in [0.2, 0.25) is 0 Å². The number of carbonyl (C=O) groups excluding carboxylic acids is 1. The lowest BCUT2D eigenvalue weighted by molar-refractivity contribution is -0.0288. The molecule has 1 heterocycles. The first-order chi connectivity index (χ1) is 11.5. The Morgan fingerprint density at radius 3 is 2.92 bits per heavy atom. The maximum absolute atomic E-state index is 12.2. The summed E-state index contributed by atoms with van der Waals surface area (Å²) in [7, 11) is 0. The normalized spacial score (nSPS) is 18.6. The van der Waals surface area contributed by atoms with Gasteiger partial charge in [-0.1, -0.05) is 39.0 Å². The van der Waals surface area contributed by atoms with Crippen LogP contribution in [-0.4, -0.2) is 49.8 Å². The van der Waals surface area contributed by atoms with E-state index in [1.807, 2.05) is 19.1 Å². The summed E-state index contributed by atoms with van der Waals surface area (Å²) in [6.07, 6.45) is 0.957. The molecule has 1 unspecified atom stereocenters. The Morgan fingerprint density at radius 1 is 1.42 bits per heavy atom. The average Bonchev–Trinajstić information content (AvgIpc) is 2.54. The third-order valence-corrected chi connectivity index (χ3v) is 4.32. The smallest absolute Gasteiger partial charge is 0.319 e. The standard InChI is InChI=1S/C19H31N3O2/c1-5-16-8-6-7-15(4)18(16)21-19(23)20-11-17-13-22(9-10-24-17)12-14(2)3/h6-8,14,17H,5,9-13H2,1-4H3,(H2,20,21,23). The summed E-state index contributed by atoms with van der Waals surface area (Å²) in [6.45, 7) is 12.8. The number of amides is 2. The van der Waals surface area contributed by atoms with Crippen molar-refractivity contribution in [3.05, 3.63) is 29.3 Å². The van der Waals surface area contributed by atoms with Crippen LogP contribution in [0, 0.1) is 12.8 Å². The molecule has 0 aromatic heterocycles. The summed E-state index contributed by atoms with van der Waals surface area (Å²) in [5.41, 5.74) is 3.16. The molecule has 5 heteroatoms. The van der Waals surface area contributed by atoms with Crippen LogP contribution in [-0.2, 0) is 11.2 Å². The van der Waals surface area contributed by atoms with Gasteiger partial charge in [-0.25, -0.2) is 4.79 Å². The van der Waals surface area contributed by atoms with Crippen LogP contribution in [0.3, 0.4) is 0 Å². The number of nitrogens with one attached hydrogen (secondary N) is 2. The Kier molecular flexibility index (Phi) is 7.06. The van der Waals surface area contributed by atoms with Gasteiger partial charge in [0.15, 0.2) is 0 Å². The maximum Gasteiger partial charge on any atom is 0.319 e. The lowest BCUT2D eigenvalue weighted by Crippen LogP contribution is -2.48. The molecular formula is C19H31N3O2. The molecule has 0 bridgehead atoms. The molecule has 1 aliphatic rings. The Bertz CT molecular complexity index is 545. The zero-order valence-electron chi connectivity index (χ0n) is 15.4. The molecule has 1 fully saturated rings. The molecule has 2 rings (SSSR count). The zero-order chi connectivity index (χ0) is 17.5. The number of carbonyl (C=O) groups is 1. The number of urea groups is 1. The number of hydrogen-bond donors (Lipinski definition) is 2. The van der Waals surface area contributed by atoms with Gasteiger partial charge in [0, 0.05) is 31.9 Å². The SMILES string of the molecule is CCc1cccc(C)c1NC(=O)NCC1CN(CC(C)C)CCO1. The van der Waals surface area contributed by atoms with Gasteiger partial charge in [0.05, 0.1) is 12.7 Å². The molecule has 0 saturated carbocycles. The number of nitrogens with zero attached hydrogens (tertiary/aromatic N) is 1. The second kappa shape index (κ2) is 9.04. The van der Waals surface area contributed by atoms with Gasteiger partial charge in [0.1, 0.15) is 0 Å². The molecule has 1 aromatic carbocycles. The Labute approximate surface area is 145 Å². The predicted molar refractivity (Wildman–Crippen MR) is 98.6 cm³/mol. The molecule has 24 heavy (non-hydrogen) atoms. The molecule has 1 aliphatic heterocycles. The number of rotatable bonds is 6. The third kappa shape index (κ3) is 5.49. The van der Waals surface area contributed by atoms with Crippen molar-refractivity contribution in [2.45, 2.75) is 40.2 Å². The zero-order valence-corrected chi connectivity index (χ0v) is 15.4. The molecule has 1 saturated heterocycles. The van der Waals surface area contributed by atoms with E-state index in [1.54, 1.807) is 0 Å². The topological polar surface area (TPSA) is 53.6 Å². The molecule has 0 radical (unpaired) electrons. The first-order valence-corrected chi connectivity index (χ1v) is 8.96. The average molecular weight is 333 g/mol. The highest BCUT2D eigenvalue weighted by molar-refractivity contribution is 5.91. The van der Waals surface area contributed by atoms with Crippen molar-refractivity contribution in [3.8, 4) is 0 Å². The van der Waals surface area contributed by atoms with Crippen LogP contribution in [0.1, 0.15) is 31.9 Å². The maximum atomic E-state index is 12.2. The molecule has 0 spiro atoms. The Morgan fingerprint density at radius 2 is 2.21 bits per heavy atom. The van der Waals surface area contributed by atoms with Crippen molar-refractivity contribution in [1.82, 2.24) is 10.2 Å². The first kappa shape index (κ1) is 18.7. The van der Waals surface area contributed by atoms with Crippen LogP contribution in [0.5, 0.6) is 0 Å². The fraction of sp³-hybridized carbons (Fsp3) is 0.632. The van der Waals surface area contributed by atoms with Gasteiger partial charge < -0.3 is 15.4 Å². The molecular weight excluding hydrogens is 302 g/mol. The van der Waals surface area contributed by atoms with Crippen LogP contribution in [0.25, 0.3) is 0 Å². The van der Waals surface area contributed by atoms with Gasteiger partial charge in [-0.15, -0.1) is 0 Å². The van der Waals surface area contributed by atoms with Crippen LogP contribution < -0.4 is 10.6 Å². The van der Waals surface area contributed by atoms with E-state index in [1.165, 1.54) is 0 Å². The van der Waals surface area contributed by atoms with Crippen molar-refractivity contribution >= 4 is 11.7 Å². The summed E-state index contributed by atoms with van der Waals surface area (Å²) in [5, 5.41) is 5.95. The number of anilines is 1. The fourth-order valence-corrected chi connectivity index (χ4v) is 3.15. The number of para-hydroxylation sites is 1. The molecule has 0 aliphatic carbocycles. The molecule has 5 nitrogen and oxygen atoms in total. The highest BCUT2D eigenvalue weighted by atomic mass is 16.5. The minimum absolute atomic E-state index is 0.0609. The Hall–Kier alpha value is -1.59. The second-order valence-corrected chi connectivity index (χ2v) is 6.94. The predicted octanol–water partition coefficient (Wildman–Crippen LogP) is 3.04. The van der Waals surface area contributed by atoms with Gasteiger partial charge in [-0.3, -0.25) is 4.90 Å². The summed E-state index contributed by atoms with van der Waals surface area (Å²) in [5.74, 6) is 0.647. The van der Waals surface area contributed by atoms with Crippen LogP contribution in [0.4, 0.5) is 10.5 Å². The van der Waals surface area contributed by atoms with Crippen LogP contribution >= 0.6 is 0 Å². The third-order valence-electron chi connectivity index (χ3n) is 4.32. The highest BCUT2D eigenvalue weighted by Gasteiger charge is 2.21. The van der Waals surface area contributed by atoms with E-state index in [2.05, 4.69) is 42.4 Å². The second-order valence-electron chi connectivity index (χ2n) is 6.94. The van der Waals surface area contributed by atoms with E-state index in [0.29, 0.717) is 12.5 Å². The van der Waals surface area contributed by atoms with Gasteiger partial charge >= 0.3 is 6.03 Å². The van der Waals surface area contributed by atoms with Gasteiger partial charge in [-0.05, 0) is 30.4 Å². The summed E-state index contributed by atoms with van der Waals surface area (Å²) >= 11 is 0. The van der Waals surface area contributed by atoms with Crippen molar-refractivity contribution in [3.63, 3.8) is 0 Å². The van der Waals surface area contributed by atoms with E-state index in [9.17, 15) is 4.79 Å². The lowest BCUT2D eigenvalue weighted by atomic mass is 10.1.